The van der Waals surface area contributed by atoms with Gasteiger partial charge in [-0.15, -0.1) is 0 Å². The molecule has 0 unspecified atom stereocenters. The number of hydrogen-bond donors (Lipinski definition) is 1. The first-order chi connectivity index (χ1) is 20.5. The van der Waals surface area contributed by atoms with Crippen molar-refractivity contribution in [3.8, 4) is 11.5 Å². The van der Waals surface area contributed by atoms with Gasteiger partial charge in [-0.3, -0.25) is 24.7 Å². The van der Waals surface area contributed by atoms with Gasteiger partial charge in [0.25, 0.3) is 11.8 Å². The minimum Gasteiger partial charge on any atom is -0.457 e. The summed E-state index contributed by atoms with van der Waals surface area (Å²) in [6, 6.07) is 34.9. The Morgan fingerprint density at radius 2 is 1.36 bits per heavy atom. The van der Waals surface area contributed by atoms with E-state index in [1.54, 1.807) is 30.3 Å². The number of carbonyl (C=O) groups is 2. The molecule has 0 bridgehead atoms. The van der Waals surface area contributed by atoms with E-state index < -0.39 is 11.8 Å². The summed E-state index contributed by atoms with van der Waals surface area (Å²) in [4.78, 5) is 32.8. The van der Waals surface area contributed by atoms with E-state index in [2.05, 4.69) is 39.4 Å². The number of piperazine rings is 1. The van der Waals surface area contributed by atoms with E-state index in [4.69, 9.17) is 17.0 Å². The van der Waals surface area contributed by atoms with Crippen molar-refractivity contribution in [1.29, 1.82) is 0 Å². The normalized spacial score (nSPS) is 17.0. The number of nitrogens with zero attached hydrogens (tertiary/aromatic N) is 3. The molecular weight excluding hydrogens is 544 g/mol. The van der Waals surface area contributed by atoms with Crippen molar-refractivity contribution in [2.45, 2.75) is 6.54 Å². The van der Waals surface area contributed by atoms with Crippen LogP contribution in [0, 0.1) is 0 Å². The fourth-order valence-electron chi connectivity index (χ4n) is 5.22. The average molecular weight is 575 g/mol. The molecule has 6 rings (SSSR count). The smallest absolute Gasteiger partial charge is 0.270 e. The van der Waals surface area contributed by atoms with Crippen molar-refractivity contribution in [1.82, 2.24) is 10.2 Å². The number of thiocarbonyl (C=S) groups is 1. The lowest BCUT2D eigenvalue weighted by Gasteiger charge is -2.37. The van der Waals surface area contributed by atoms with Gasteiger partial charge in [0, 0.05) is 38.4 Å². The maximum atomic E-state index is 13.7. The topological polar surface area (TPSA) is 65.1 Å². The Kier molecular flexibility index (Phi) is 8.07. The van der Waals surface area contributed by atoms with E-state index in [1.165, 1.54) is 10.5 Å². The molecule has 0 aromatic heterocycles. The summed E-state index contributed by atoms with van der Waals surface area (Å²) in [7, 11) is 0. The first-order valence-corrected chi connectivity index (χ1v) is 14.3. The molecule has 4 aromatic rings. The summed E-state index contributed by atoms with van der Waals surface area (Å²) in [6.45, 7) is 4.46. The third-order valence-electron chi connectivity index (χ3n) is 7.37. The molecule has 210 valence electrons. The van der Waals surface area contributed by atoms with E-state index in [0.29, 0.717) is 17.2 Å². The predicted octanol–water partition coefficient (Wildman–Crippen LogP) is 5.63. The molecule has 0 aliphatic carbocycles. The zero-order valence-corrected chi connectivity index (χ0v) is 23.8. The van der Waals surface area contributed by atoms with E-state index in [9.17, 15) is 9.59 Å². The minimum atomic E-state index is -0.507. The van der Waals surface area contributed by atoms with Gasteiger partial charge in [-0.25, -0.2) is 0 Å². The second-order valence-electron chi connectivity index (χ2n) is 10.2. The summed E-state index contributed by atoms with van der Waals surface area (Å²) in [5.74, 6) is 0.359. The monoisotopic (exact) mass is 574 g/mol. The molecule has 4 aromatic carbocycles. The molecule has 2 amide bonds. The van der Waals surface area contributed by atoms with E-state index in [1.807, 2.05) is 60.7 Å². The summed E-state index contributed by atoms with van der Waals surface area (Å²) in [6.07, 6.45) is 1.67. The van der Waals surface area contributed by atoms with Crippen molar-refractivity contribution in [3.63, 3.8) is 0 Å². The van der Waals surface area contributed by atoms with Crippen LogP contribution in [0.4, 0.5) is 11.4 Å². The molecule has 7 nitrogen and oxygen atoms in total. The van der Waals surface area contributed by atoms with Crippen molar-refractivity contribution < 1.29 is 14.3 Å². The van der Waals surface area contributed by atoms with E-state index >= 15 is 0 Å². The highest BCUT2D eigenvalue weighted by molar-refractivity contribution is 7.80. The molecule has 0 spiro atoms. The summed E-state index contributed by atoms with van der Waals surface area (Å²) in [5, 5.41) is 2.73. The zero-order valence-electron chi connectivity index (χ0n) is 23.0. The van der Waals surface area contributed by atoms with Crippen molar-refractivity contribution in [2.24, 2.45) is 0 Å². The van der Waals surface area contributed by atoms with Crippen LogP contribution in [0.3, 0.4) is 0 Å². The van der Waals surface area contributed by atoms with Gasteiger partial charge in [-0.1, -0.05) is 66.7 Å². The van der Waals surface area contributed by atoms with Gasteiger partial charge in [0.1, 0.15) is 17.1 Å². The van der Waals surface area contributed by atoms with Gasteiger partial charge >= 0.3 is 0 Å². The van der Waals surface area contributed by atoms with Crippen LogP contribution in [0.2, 0.25) is 0 Å². The lowest BCUT2D eigenvalue weighted by Crippen LogP contribution is -2.54. The molecule has 0 radical (unpaired) electrons. The van der Waals surface area contributed by atoms with Crippen LogP contribution in [-0.2, 0) is 16.1 Å². The van der Waals surface area contributed by atoms with Crippen molar-refractivity contribution in [3.05, 3.63) is 126 Å². The molecule has 2 saturated heterocycles. The third-order valence-corrected chi connectivity index (χ3v) is 7.66. The molecule has 2 aliphatic heterocycles. The average Bonchev–Trinajstić information content (AvgIpc) is 3.02. The second kappa shape index (κ2) is 12.4. The maximum absolute atomic E-state index is 13.7. The third kappa shape index (κ3) is 6.10. The van der Waals surface area contributed by atoms with Gasteiger partial charge in [0.15, 0.2) is 5.11 Å². The standard InChI is InChI=1S/C34H30N4O3S/c39-32-30(33(40)38(34(42)35-32)27-15-17-29(18-16-27)41-28-12-5-2-6-13-28)23-26-11-7-8-14-31(26)37-21-19-36(20-22-37)24-25-9-3-1-4-10-25/h1-18,23H,19-22,24H2,(H,35,39,42). The molecule has 2 heterocycles. The zero-order chi connectivity index (χ0) is 28.9. The quantitative estimate of drug-likeness (QED) is 0.175. The number of carbonyl (C=O) groups excluding carboxylic acids is 2. The first-order valence-electron chi connectivity index (χ1n) is 13.9. The fraction of sp³-hybridized carbons (Fsp3) is 0.147. The number of rotatable bonds is 7. The molecule has 0 atom stereocenters. The maximum Gasteiger partial charge on any atom is 0.270 e. The fourth-order valence-corrected chi connectivity index (χ4v) is 5.50. The van der Waals surface area contributed by atoms with Crippen LogP contribution >= 0.6 is 12.2 Å². The molecule has 42 heavy (non-hydrogen) atoms. The lowest BCUT2D eigenvalue weighted by molar-refractivity contribution is -0.122. The predicted molar refractivity (Wildman–Crippen MR) is 170 cm³/mol. The molecular formula is C34H30N4O3S. The van der Waals surface area contributed by atoms with E-state index in [-0.39, 0.29) is 10.7 Å². The number of nitrogens with one attached hydrogen (secondary N) is 1. The van der Waals surface area contributed by atoms with Crippen LogP contribution in [0.15, 0.2) is 115 Å². The number of benzene rings is 4. The number of ether oxygens (including phenoxy) is 1. The highest BCUT2D eigenvalue weighted by Crippen LogP contribution is 2.29. The molecule has 2 fully saturated rings. The van der Waals surface area contributed by atoms with Crippen LogP contribution in [0.5, 0.6) is 11.5 Å². The number of para-hydroxylation sites is 2. The molecule has 0 saturated carbocycles. The lowest BCUT2D eigenvalue weighted by atomic mass is 10.0. The highest BCUT2D eigenvalue weighted by atomic mass is 32.1. The Morgan fingerprint density at radius 1 is 0.738 bits per heavy atom. The Hall–Kier alpha value is -4.79. The van der Waals surface area contributed by atoms with E-state index in [0.717, 1.165) is 44.0 Å². The molecule has 8 heteroatoms. The van der Waals surface area contributed by atoms with Gasteiger partial charge < -0.3 is 9.64 Å². The van der Waals surface area contributed by atoms with Gasteiger partial charge in [0.05, 0.1) is 5.69 Å². The summed E-state index contributed by atoms with van der Waals surface area (Å²) in [5.41, 5.74) is 3.68. The largest absolute Gasteiger partial charge is 0.457 e. The number of anilines is 2. The van der Waals surface area contributed by atoms with Crippen molar-refractivity contribution >= 4 is 46.6 Å². The van der Waals surface area contributed by atoms with Crippen molar-refractivity contribution in [2.75, 3.05) is 36.0 Å². The Labute approximate surface area is 250 Å². The van der Waals surface area contributed by atoms with Gasteiger partial charge in [-0.2, -0.15) is 0 Å². The Bertz CT molecular complexity index is 1620. The SMILES string of the molecule is O=C1NC(=S)N(c2ccc(Oc3ccccc3)cc2)C(=O)C1=Cc1ccccc1N1CCN(Cc2ccccc2)CC1. The number of hydrogen-bond acceptors (Lipinski definition) is 6. The first kappa shape index (κ1) is 27.4. The molecule has 2 aliphatic rings. The van der Waals surface area contributed by atoms with Crippen LogP contribution in [0.25, 0.3) is 6.08 Å². The van der Waals surface area contributed by atoms with Gasteiger partial charge in [0.2, 0.25) is 0 Å². The van der Waals surface area contributed by atoms with Gasteiger partial charge in [-0.05, 0) is 71.9 Å². The van der Waals surface area contributed by atoms with Crippen LogP contribution < -0.4 is 19.9 Å². The highest BCUT2D eigenvalue weighted by Gasteiger charge is 2.35. The number of amides is 2. The summed E-state index contributed by atoms with van der Waals surface area (Å²) >= 11 is 5.41. The summed E-state index contributed by atoms with van der Waals surface area (Å²) < 4.78 is 5.87. The second-order valence-corrected chi connectivity index (χ2v) is 10.6. The minimum absolute atomic E-state index is 0.0309. The van der Waals surface area contributed by atoms with Crippen LogP contribution in [-0.4, -0.2) is 48.0 Å². The Balaban J connectivity index is 1.19. The Morgan fingerprint density at radius 3 is 2.07 bits per heavy atom. The van der Waals surface area contributed by atoms with Crippen LogP contribution in [0.1, 0.15) is 11.1 Å². The molecule has 1 N–H and O–H groups in total.